The maximum Gasteiger partial charge on any atom is 0.393 e. The molecule has 11 nitrogen and oxygen atoms in total. The summed E-state index contributed by atoms with van der Waals surface area (Å²) < 4.78 is 21.1. The summed E-state index contributed by atoms with van der Waals surface area (Å²) in [5.74, 6) is -5.12. The predicted molar refractivity (Wildman–Crippen MR) is 105 cm³/mol. The lowest BCUT2D eigenvalue weighted by atomic mass is 9.68. The molecule has 2 aromatic rings. The summed E-state index contributed by atoms with van der Waals surface area (Å²) in [4.78, 5) is 51.8. The predicted octanol–water partition coefficient (Wildman–Crippen LogP) is 1.51. The van der Waals surface area contributed by atoms with Gasteiger partial charge in [-0.2, -0.15) is 0 Å². The van der Waals surface area contributed by atoms with Crippen molar-refractivity contribution in [3.05, 3.63) is 64.1 Å². The number of fused-ring (bicyclic) bond motifs is 3. The highest BCUT2D eigenvalue weighted by molar-refractivity contribution is 6.09. The molecule has 1 aromatic carbocycles. The van der Waals surface area contributed by atoms with Gasteiger partial charge in [0.05, 0.1) is 19.5 Å². The molecule has 0 bridgehead atoms. The lowest BCUT2D eigenvalue weighted by molar-refractivity contribution is -0.562. The molecular formula is C21H20N2O9. The fraction of sp³-hybridized carbons (Fsp3) is 0.381. The van der Waals surface area contributed by atoms with Crippen LogP contribution in [0.25, 0.3) is 0 Å². The van der Waals surface area contributed by atoms with Crippen molar-refractivity contribution in [2.75, 3.05) is 13.2 Å². The van der Waals surface area contributed by atoms with Gasteiger partial charge in [-0.1, -0.05) is 18.2 Å². The number of furan rings is 1. The number of rotatable bonds is 6. The summed E-state index contributed by atoms with van der Waals surface area (Å²) in [7, 11) is 0. The van der Waals surface area contributed by atoms with Crippen LogP contribution in [0.5, 0.6) is 5.75 Å². The molecule has 3 atom stereocenters. The summed E-state index contributed by atoms with van der Waals surface area (Å²) >= 11 is 0. The number of esters is 3. The highest BCUT2D eigenvalue weighted by atomic mass is 16.6. The molecule has 0 radical (unpaired) electrons. The van der Waals surface area contributed by atoms with Crippen molar-refractivity contribution in [3.63, 3.8) is 0 Å². The van der Waals surface area contributed by atoms with Crippen LogP contribution in [0, 0.1) is 10.1 Å². The van der Waals surface area contributed by atoms with E-state index in [1.54, 1.807) is 12.1 Å². The molecular weight excluding hydrogens is 424 g/mol. The highest BCUT2D eigenvalue weighted by Crippen LogP contribution is 2.58. The van der Waals surface area contributed by atoms with E-state index >= 15 is 0 Å². The van der Waals surface area contributed by atoms with Gasteiger partial charge in [0.2, 0.25) is 5.54 Å². The SMILES string of the molecule is CCOC(=O)C1(C(=O)OCC)N[C@@H](c2ccco2)[C@]2([N+](=O)[O-])C(=O)Oc3ccccc3[C@H]12. The highest BCUT2D eigenvalue weighted by Gasteiger charge is 2.83. The average molecular weight is 444 g/mol. The molecule has 32 heavy (non-hydrogen) atoms. The zero-order valence-electron chi connectivity index (χ0n) is 17.2. The maximum atomic E-state index is 13.3. The van der Waals surface area contributed by atoms with E-state index in [1.165, 1.54) is 44.4 Å². The van der Waals surface area contributed by atoms with E-state index in [0.717, 1.165) is 0 Å². The van der Waals surface area contributed by atoms with Crippen LogP contribution >= 0.6 is 0 Å². The molecule has 0 aliphatic carbocycles. The van der Waals surface area contributed by atoms with Crippen molar-refractivity contribution in [3.8, 4) is 5.75 Å². The van der Waals surface area contributed by atoms with Crippen molar-refractivity contribution in [1.29, 1.82) is 0 Å². The van der Waals surface area contributed by atoms with Crippen LogP contribution in [0.1, 0.15) is 37.1 Å². The van der Waals surface area contributed by atoms with Gasteiger partial charge in [-0.25, -0.2) is 14.4 Å². The van der Waals surface area contributed by atoms with Crippen LogP contribution < -0.4 is 10.1 Å². The number of nitro groups is 1. The van der Waals surface area contributed by atoms with E-state index < -0.39 is 45.9 Å². The first kappa shape index (κ1) is 21.5. The van der Waals surface area contributed by atoms with Gasteiger partial charge in [0.15, 0.2) is 6.04 Å². The molecule has 2 aliphatic heterocycles. The van der Waals surface area contributed by atoms with Gasteiger partial charge in [-0.15, -0.1) is 0 Å². The van der Waals surface area contributed by atoms with Crippen LogP contribution in [-0.2, 0) is 23.9 Å². The van der Waals surface area contributed by atoms with Gasteiger partial charge in [0, 0.05) is 10.5 Å². The molecule has 0 unspecified atom stereocenters. The van der Waals surface area contributed by atoms with Crippen LogP contribution in [0.2, 0.25) is 0 Å². The Labute approximate surface area is 181 Å². The van der Waals surface area contributed by atoms with E-state index in [2.05, 4.69) is 5.32 Å². The van der Waals surface area contributed by atoms with Gasteiger partial charge in [-0.05, 0) is 32.0 Å². The topological polar surface area (TPSA) is 147 Å². The maximum absolute atomic E-state index is 13.3. The first-order valence-corrected chi connectivity index (χ1v) is 9.96. The average Bonchev–Trinajstić information content (AvgIpc) is 3.40. The van der Waals surface area contributed by atoms with Crippen LogP contribution in [0.3, 0.4) is 0 Å². The third-order valence-corrected chi connectivity index (χ3v) is 5.77. The van der Waals surface area contributed by atoms with Crippen LogP contribution in [0.4, 0.5) is 0 Å². The summed E-state index contributed by atoms with van der Waals surface area (Å²) in [6.07, 6.45) is 1.26. The Morgan fingerprint density at radius 3 is 2.34 bits per heavy atom. The number of hydrogen-bond acceptors (Lipinski definition) is 10. The van der Waals surface area contributed by atoms with Gasteiger partial charge in [0.1, 0.15) is 17.4 Å². The number of para-hydroxylation sites is 1. The number of benzene rings is 1. The minimum absolute atomic E-state index is 0.000146. The second kappa shape index (κ2) is 7.75. The molecule has 11 heteroatoms. The second-order valence-corrected chi connectivity index (χ2v) is 7.28. The van der Waals surface area contributed by atoms with E-state index in [9.17, 15) is 24.5 Å². The smallest absolute Gasteiger partial charge is 0.393 e. The fourth-order valence-electron chi connectivity index (χ4n) is 4.57. The Morgan fingerprint density at radius 1 is 1.12 bits per heavy atom. The molecule has 0 amide bonds. The van der Waals surface area contributed by atoms with Crippen molar-refractivity contribution < 1.29 is 37.9 Å². The zero-order chi connectivity index (χ0) is 23.1. The first-order chi connectivity index (χ1) is 15.3. The molecule has 3 heterocycles. The molecule has 1 fully saturated rings. The molecule has 1 N–H and O–H groups in total. The van der Waals surface area contributed by atoms with E-state index in [-0.39, 0.29) is 30.3 Å². The molecule has 0 saturated carbocycles. The zero-order valence-corrected chi connectivity index (χ0v) is 17.2. The molecule has 2 aliphatic rings. The number of carbonyl (C=O) groups excluding carboxylic acids is 3. The van der Waals surface area contributed by atoms with E-state index in [0.29, 0.717) is 0 Å². The minimum Gasteiger partial charge on any atom is -0.467 e. The van der Waals surface area contributed by atoms with Gasteiger partial charge in [0.25, 0.3) is 0 Å². The summed E-state index contributed by atoms with van der Waals surface area (Å²) in [6, 6.07) is 7.35. The van der Waals surface area contributed by atoms with Gasteiger partial charge in [-0.3, -0.25) is 15.4 Å². The van der Waals surface area contributed by atoms with E-state index in [4.69, 9.17) is 18.6 Å². The largest absolute Gasteiger partial charge is 0.467 e. The van der Waals surface area contributed by atoms with Crippen molar-refractivity contribution in [2.45, 2.75) is 36.9 Å². The quantitative estimate of drug-likeness (QED) is 0.228. The number of ether oxygens (including phenoxy) is 3. The standard InChI is InChI=1S/C21H20N2O9/c1-3-29-17(24)20(18(25)30-4-2)15-12-8-5-6-9-13(12)32-19(26)21(15,23(27)28)16(22-20)14-10-7-11-31-14/h5-11,15-16,22H,3-4H2,1-2H3/t15-,16+,21+/m1/s1. The molecule has 168 valence electrons. The number of nitrogens with zero attached hydrogens (tertiary/aromatic N) is 1. The van der Waals surface area contributed by atoms with Gasteiger partial charge < -0.3 is 18.6 Å². The first-order valence-electron chi connectivity index (χ1n) is 9.96. The Morgan fingerprint density at radius 2 is 1.78 bits per heavy atom. The Bertz CT molecular complexity index is 1060. The third kappa shape index (κ3) is 2.67. The third-order valence-electron chi connectivity index (χ3n) is 5.77. The Hall–Kier alpha value is -3.73. The lowest BCUT2D eigenvalue weighted by Crippen LogP contribution is -2.63. The lowest BCUT2D eigenvalue weighted by Gasteiger charge is -2.36. The number of nitrogens with one attached hydrogen (secondary N) is 1. The van der Waals surface area contributed by atoms with E-state index in [1.807, 2.05) is 0 Å². The molecule has 1 saturated heterocycles. The number of hydrogen-bond donors (Lipinski definition) is 1. The van der Waals surface area contributed by atoms with Crippen molar-refractivity contribution >= 4 is 17.9 Å². The Balaban J connectivity index is 2.10. The number of carbonyl (C=O) groups is 3. The summed E-state index contributed by atoms with van der Waals surface area (Å²) in [6.45, 7) is 2.83. The monoisotopic (exact) mass is 444 g/mol. The normalized spacial score (nSPS) is 25.2. The van der Waals surface area contributed by atoms with Crippen molar-refractivity contribution in [2.24, 2.45) is 0 Å². The molecule has 1 aromatic heterocycles. The van der Waals surface area contributed by atoms with Crippen molar-refractivity contribution in [1.82, 2.24) is 5.32 Å². The molecule has 0 spiro atoms. The fourth-order valence-corrected chi connectivity index (χ4v) is 4.57. The van der Waals surface area contributed by atoms with Gasteiger partial charge >= 0.3 is 23.4 Å². The van der Waals surface area contributed by atoms with Crippen LogP contribution in [-0.4, -0.2) is 47.1 Å². The van der Waals surface area contributed by atoms with Crippen LogP contribution in [0.15, 0.2) is 47.1 Å². The summed E-state index contributed by atoms with van der Waals surface area (Å²) in [5.41, 5.74) is -4.91. The second-order valence-electron chi connectivity index (χ2n) is 7.28. The Kier molecular flexibility index (Phi) is 5.21. The minimum atomic E-state index is -2.62. The summed E-state index contributed by atoms with van der Waals surface area (Å²) in [5, 5.41) is 15.4. The molecule has 4 rings (SSSR count).